The van der Waals surface area contributed by atoms with Crippen LogP contribution in [0, 0.1) is 13.8 Å². The SMILES string of the molecule is Cc1nn(C)c(C)c1CN=C(N)NC1CC1. The quantitative estimate of drug-likeness (QED) is 0.580. The van der Waals surface area contributed by atoms with Crippen LogP contribution in [0.3, 0.4) is 0 Å². The average Bonchev–Trinajstić information content (AvgIpc) is 2.97. The van der Waals surface area contributed by atoms with E-state index >= 15 is 0 Å². The van der Waals surface area contributed by atoms with E-state index in [-0.39, 0.29) is 0 Å². The van der Waals surface area contributed by atoms with Gasteiger partial charge in [-0.1, -0.05) is 0 Å². The van der Waals surface area contributed by atoms with Crippen molar-refractivity contribution < 1.29 is 0 Å². The van der Waals surface area contributed by atoms with Crippen molar-refractivity contribution in [3.63, 3.8) is 0 Å². The largest absolute Gasteiger partial charge is 0.370 e. The molecule has 1 aliphatic rings. The van der Waals surface area contributed by atoms with E-state index in [1.165, 1.54) is 18.4 Å². The van der Waals surface area contributed by atoms with Crippen LogP contribution in [0.2, 0.25) is 0 Å². The molecular weight excluding hydrogens is 202 g/mol. The Morgan fingerprint density at radius 1 is 1.56 bits per heavy atom. The molecule has 1 aliphatic carbocycles. The van der Waals surface area contributed by atoms with Gasteiger partial charge in [0.2, 0.25) is 0 Å². The smallest absolute Gasteiger partial charge is 0.189 e. The van der Waals surface area contributed by atoms with Crippen LogP contribution in [0.1, 0.15) is 29.8 Å². The summed E-state index contributed by atoms with van der Waals surface area (Å²) >= 11 is 0. The standard InChI is InChI=1S/C11H19N5/c1-7-10(8(2)16(3)15-7)6-13-11(12)14-9-4-5-9/h9H,4-6H2,1-3H3,(H3,12,13,14). The van der Waals surface area contributed by atoms with Crippen molar-refractivity contribution in [2.24, 2.45) is 17.8 Å². The summed E-state index contributed by atoms with van der Waals surface area (Å²) in [5.41, 5.74) is 9.13. The lowest BCUT2D eigenvalue weighted by atomic mass is 10.2. The van der Waals surface area contributed by atoms with Crippen molar-refractivity contribution in [3.8, 4) is 0 Å². The maximum Gasteiger partial charge on any atom is 0.189 e. The highest BCUT2D eigenvalue weighted by atomic mass is 15.3. The summed E-state index contributed by atoms with van der Waals surface area (Å²) in [4.78, 5) is 4.34. The van der Waals surface area contributed by atoms with Crippen molar-refractivity contribution in [2.45, 2.75) is 39.3 Å². The third-order valence-electron chi connectivity index (χ3n) is 3.00. The first-order valence-corrected chi connectivity index (χ1v) is 5.63. The maximum absolute atomic E-state index is 5.78. The molecule has 1 saturated carbocycles. The van der Waals surface area contributed by atoms with Gasteiger partial charge >= 0.3 is 0 Å². The van der Waals surface area contributed by atoms with Crippen LogP contribution < -0.4 is 11.1 Å². The van der Waals surface area contributed by atoms with E-state index in [4.69, 9.17) is 5.73 Å². The molecule has 0 radical (unpaired) electrons. The Bertz CT molecular complexity index is 414. The average molecular weight is 221 g/mol. The molecule has 88 valence electrons. The fourth-order valence-electron chi connectivity index (χ4n) is 1.69. The lowest BCUT2D eigenvalue weighted by Gasteiger charge is -2.03. The van der Waals surface area contributed by atoms with Gasteiger partial charge in [-0.25, -0.2) is 4.99 Å². The summed E-state index contributed by atoms with van der Waals surface area (Å²) in [6, 6.07) is 0.555. The number of aryl methyl sites for hydroxylation is 2. The second-order valence-corrected chi connectivity index (χ2v) is 4.39. The molecule has 0 saturated heterocycles. The Morgan fingerprint density at radius 3 is 2.75 bits per heavy atom. The van der Waals surface area contributed by atoms with Crippen LogP contribution in [0.25, 0.3) is 0 Å². The van der Waals surface area contributed by atoms with E-state index in [0.29, 0.717) is 18.5 Å². The van der Waals surface area contributed by atoms with Crippen LogP contribution in [0.5, 0.6) is 0 Å². The van der Waals surface area contributed by atoms with E-state index in [2.05, 4.69) is 22.3 Å². The first-order valence-electron chi connectivity index (χ1n) is 5.63. The Labute approximate surface area is 95.7 Å². The third-order valence-corrected chi connectivity index (χ3v) is 3.00. The van der Waals surface area contributed by atoms with E-state index in [1.54, 1.807) is 0 Å². The molecule has 1 aromatic heterocycles. The summed E-state index contributed by atoms with van der Waals surface area (Å²) in [6.45, 7) is 4.66. The summed E-state index contributed by atoms with van der Waals surface area (Å²) in [7, 11) is 1.95. The van der Waals surface area contributed by atoms with Gasteiger partial charge in [-0.3, -0.25) is 4.68 Å². The van der Waals surface area contributed by atoms with Crippen molar-refractivity contribution in [3.05, 3.63) is 17.0 Å². The number of rotatable bonds is 3. The number of hydrogen-bond donors (Lipinski definition) is 2. The molecule has 0 spiro atoms. The first-order chi connectivity index (χ1) is 7.58. The minimum Gasteiger partial charge on any atom is -0.370 e. The van der Waals surface area contributed by atoms with Crippen LogP contribution in [-0.2, 0) is 13.6 Å². The monoisotopic (exact) mass is 221 g/mol. The van der Waals surface area contributed by atoms with Gasteiger partial charge in [0.25, 0.3) is 0 Å². The van der Waals surface area contributed by atoms with Crippen molar-refractivity contribution >= 4 is 5.96 Å². The van der Waals surface area contributed by atoms with Gasteiger partial charge in [0.05, 0.1) is 12.2 Å². The molecule has 1 aromatic rings. The van der Waals surface area contributed by atoms with Gasteiger partial charge in [0, 0.05) is 24.3 Å². The molecular formula is C11H19N5. The van der Waals surface area contributed by atoms with Crippen LogP contribution in [-0.4, -0.2) is 21.8 Å². The van der Waals surface area contributed by atoms with Crippen LogP contribution >= 0.6 is 0 Å². The van der Waals surface area contributed by atoms with Gasteiger partial charge in [-0.05, 0) is 26.7 Å². The van der Waals surface area contributed by atoms with Crippen LogP contribution in [0.15, 0.2) is 4.99 Å². The summed E-state index contributed by atoms with van der Waals surface area (Å²) in [6.07, 6.45) is 2.42. The van der Waals surface area contributed by atoms with Crippen molar-refractivity contribution in [1.82, 2.24) is 15.1 Å². The minimum absolute atomic E-state index is 0.546. The van der Waals surface area contributed by atoms with E-state index in [0.717, 1.165) is 11.4 Å². The molecule has 0 bridgehead atoms. The van der Waals surface area contributed by atoms with E-state index in [1.807, 2.05) is 18.7 Å². The molecule has 0 atom stereocenters. The highest BCUT2D eigenvalue weighted by Gasteiger charge is 2.21. The Hall–Kier alpha value is -1.52. The lowest BCUT2D eigenvalue weighted by molar-refractivity contribution is 0.730. The fraction of sp³-hybridized carbons (Fsp3) is 0.636. The predicted molar refractivity (Wildman–Crippen MR) is 64.2 cm³/mol. The molecule has 5 heteroatoms. The number of aliphatic imine (C=N–C) groups is 1. The molecule has 16 heavy (non-hydrogen) atoms. The zero-order chi connectivity index (χ0) is 11.7. The van der Waals surface area contributed by atoms with Crippen molar-refractivity contribution in [2.75, 3.05) is 0 Å². The van der Waals surface area contributed by atoms with Gasteiger partial charge < -0.3 is 11.1 Å². The highest BCUT2D eigenvalue weighted by molar-refractivity contribution is 5.78. The van der Waals surface area contributed by atoms with Gasteiger partial charge in [0.15, 0.2) is 5.96 Å². The molecule has 0 aliphatic heterocycles. The Kier molecular flexibility index (Phi) is 2.85. The summed E-state index contributed by atoms with van der Waals surface area (Å²) in [5, 5.41) is 7.52. The zero-order valence-corrected chi connectivity index (χ0v) is 10.1. The highest BCUT2D eigenvalue weighted by Crippen LogP contribution is 2.18. The van der Waals surface area contributed by atoms with Gasteiger partial charge in [-0.2, -0.15) is 5.10 Å². The van der Waals surface area contributed by atoms with Crippen LogP contribution in [0.4, 0.5) is 0 Å². The van der Waals surface area contributed by atoms with E-state index < -0.39 is 0 Å². The topological polar surface area (TPSA) is 68.2 Å². The number of nitrogens with zero attached hydrogens (tertiary/aromatic N) is 3. The fourth-order valence-corrected chi connectivity index (χ4v) is 1.69. The normalized spacial score (nSPS) is 16.6. The van der Waals surface area contributed by atoms with E-state index in [9.17, 15) is 0 Å². The second kappa shape index (κ2) is 4.15. The third kappa shape index (κ3) is 2.35. The Morgan fingerprint density at radius 2 is 2.25 bits per heavy atom. The maximum atomic E-state index is 5.78. The molecule has 5 nitrogen and oxygen atoms in total. The Balaban J connectivity index is 2.02. The van der Waals surface area contributed by atoms with Crippen molar-refractivity contribution in [1.29, 1.82) is 0 Å². The number of aromatic nitrogens is 2. The summed E-state index contributed by atoms with van der Waals surface area (Å²) in [5.74, 6) is 0.546. The number of guanidine groups is 1. The first kappa shape index (κ1) is 11.0. The molecule has 0 amide bonds. The summed E-state index contributed by atoms with van der Waals surface area (Å²) < 4.78 is 1.88. The molecule has 1 heterocycles. The molecule has 2 rings (SSSR count). The second-order valence-electron chi connectivity index (χ2n) is 4.39. The molecule has 0 unspecified atom stereocenters. The number of nitrogens with one attached hydrogen (secondary N) is 1. The number of hydrogen-bond acceptors (Lipinski definition) is 2. The number of nitrogens with two attached hydrogens (primary N) is 1. The van der Waals surface area contributed by atoms with Gasteiger partial charge in [0.1, 0.15) is 0 Å². The predicted octanol–water partition coefficient (Wildman–Crippen LogP) is 0.604. The molecule has 0 aromatic carbocycles. The van der Waals surface area contributed by atoms with Gasteiger partial charge in [-0.15, -0.1) is 0 Å². The lowest BCUT2D eigenvalue weighted by Crippen LogP contribution is -2.33. The molecule has 1 fully saturated rings. The zero-order valence-electron chi connectivity index (χ0n) is 10.1. The minimum atomic E-state index is 0.546. The molecule has 3 N–H and O–H groups in total.